The van der Waals surface area contributed by atoms with E-state index < -0.39 is 0 Å². The summed E-state index contributed by atoms with van der Waals surface area (Å²) in [5.74, 6) is 1.78. The van der Waals surface area contributed by atoms with Crippen molar-refractivity contribution in [1.82, 2.24) is 4.98 Å². The van der Waals surface area contributed by atoms with Crippen molar-refractivity contribution in [3.05, 3.63) is 53.3 Å². The van der Waals surface area contributed by atoms with Crippen molar-refractivity contribution in [3.8, 4) is 11.5 Å². The number of aryl methyl sites for hydroxylation is 1. The van der Waals surface area contributed by atoms with Crippen LogP contribution in [0.2, 0.25) is 0 Å². The molecule has 0 spiro atoms. The predicted molar refractivity (Wildman–Crippen MR) is 80.6 cm³/mol. The van der Waals surface area contributed by atoms with Gasteiger partial charge in [-0.05, 0) is 36.1 Å². The maximum Gasteiger partial charge on any atom is 0.141 e. The molecule has 0 amide bonds. The highest BCUT2D eigenvalue weighted by Gasteiger charge is 2.10. The maximum atomic E-state index is 7.42. The summed E-state index contributed by atoms with van der Waals surface area (Å²) in [6.45, 7) is 6.29. The fourth-order valence-corrected chi connectivity index (χ4v) is 1.96. The highest BCUT2D eigenvalue weighted by atomic mass is 16.5. The first kappa shape index (κ1) is 14.1. The summed E-state index contributed by atoms with van der Waals surface area (Å²) in [5, 5.41) is 7.42. The summed E-state index contributed by atoms with van der Waals surface area (Å²) in [5.41, 5.74) is 8.15. The quantitative estimate of drug-likeness (QED) is 0.658. The number of rotatable bonds is 4. The fraction of sp³-hybridized carbons (Fsp3) is 0.250. The van der Waals surface area contributed by atoms with Gasteiger partial charge in [0.05, 0.1) is 0 Å². The molecular weight excluding hydrogens is 250 g/mol. The highest BCUT2D eigenvalue weighted by molar-refractivity contribution is 5.93. The average molecular weight is 269 g/mol. The topological polar surface area (TPSA) is 72.0 Å². The average Bonchev–Trinajstić information content (AvgIpc) is 2.38. The molecule has 20 heavy (non-hydrogen) atoms. The van der Waals surface area contributed by atoms with Crippen LogP contribution in [0.5, 0.6) is 11.5 Å². The van der Waals surface area contributed by atoms with Gasteiger partial charge >= 0.3 is 0 Å². The number of aromatic nitrogens is 1. The molecule has 0 aliphatic carbocycles. The number of hydrogen-bond donors (Lipinski definition) is 2. The van der Waals surface area contributed by atoms with Crippen LogP contribution in [0.15, 0.2) is 36.5 Å². The molecule has 3 N–H and O–H groups in total. The van der Waals surface area contributed by atoms with E-state index in [1.54, 1.807) is 18.3 Å². The van der Waals surface area contributed by atoms with Gasteiger partial charge in [0.15, 0.2) is 0 Å². The van der Waals surface area contributed by atoms with Gasteiger partial charge in [0.2, 0.25) is 0 Å². The van der Waals surface area contributed by atoms with Crippen molar-refractivity contribution in [1.29, 1.82) is 5.41 Å². The summed E-state index contributed by atoms with van der Waals surface area (Å²) in [6.07, 6.45) is 1.59. The number of nitrogens with one attached hydrogen (secondary N) is 1. The largest absolute Gasteiger partial charge is 0.457 e. The van der Waals surface area contributed by atoms with Gasteiger partial charge in [-0.2, -0.15) is 0 Å². The third-order valence-electron chi connectivity index (χ3n) is 3.03. The highest BCUT2D eigenvalue weighted by Crippen LogP contribution is 2.31. The standard InChI is InChI=1S/C16H19N3O/c1-10(2)13-5-4-11(3)8-15(13)20-12-6-7-19-14(9-12)16(17)18/h4-10H,1-3H3,(H3,17,18). The zero-order valence-corrected chi connectivity index (χ0v) is 12.0. The fourth-order valence-electron chi connectivity index (χ4n) is 1.96. The molecule has 4 heteroatoms. The predicted octanol–water partition coefficient (Wildman–Crippen LogP) is 3.59. The van der Waals surface area contributed by atoms with Gasteiger partial charge in [0, 0.05) is 12.3 Å². The minimum absolute atomic E-state index is 0.0659. The zero-order chi connectivity index (χ0) is 14.7. The van der Waals surface area contributed by atoms with E-state index in [1.807, 2.05) is 13.0 Å². The zero-order valence-electron chi connectivity index (χ0n) is 12.0. The van der Waals surface area contributed by atoms with E-state index in [2.05, 4.69) is 31.0 Å². The van der Waals surface area contributed by atoms with Crippen molar-refractivity contribution in [2.45, 2.75) is 26.7 Å². The SMILES string of the molecule is Cc1ccc(C(C)C)c(Oc2ccnc(C(=N)N)c2)c1. The molecule has 0 bridgehead atoms. The Hall–Kier alpha value is -2.36. The third kappa shape index (κ3) is 3.15. The number of ether oxygens (including phenoxy) is 1. The van der Waals surface area contributed by atoms with Gasteiger partial charge in [-0.15, -0.1) is 0 Å². The summed E-state index contributed by atoms with van der Waals surface area (Å²) in [6, 6.07) is 9.62. The van der Waals surface area contributed by atoms with Crippen LogP contribution in [-0.2, 0) is 0 Å². The molecule has 2 rings (SSSR count). The van der Waals surface area contributed by atoms with E-state index in [0.29, 0.717) is 17.4 Å². The van der Waals surface area contributed by atoms with Crippen LogP contribution in [0.1, 0.15) is 36.6 Å². The molecule has 0 atom stereocenters. The van der Waals surface area contributed by atoms with Gasteiger partial charge in [0.25, 0.3) is 0 Å². The van der Waals surface area contributed by atoms with E-state index in [9.17, 15) is 0 Å². The summed E-state index contributed by atoms with van der Waals surface area (Å²) in [4.78, 5) is 4.03. The number of nitrogens with two attached hydrogens (primary N) is 1. The molecule has 2 aromatic rings. The first-order chi connectivity index (χ1) is 9.47. The minimum atomic E-state index is -0.0659. The van der Waals surface area contributed by atoms with E-state index in [1.165, 1.54) is 0 Å². The normalized spacial score (nSPS) is 10.6. The molecular formula is C16H19N3O. The number of pyridine rings is 1. The summed E-state index contributed by atoms with van der Waals surface area (Å²) < 4.78 is 5.95. The number of hydrogen-bond acceptors (Lipinski definition) is 3. The number of nitrogen functional groups attached to an aromatic ring is 1. The van der Waals surface area contributed by atoms with E-state index in [0.717, 1.165) is 16.9 Å². The van der Waals surface area contributed by atoms with Gasteiger partial charge in [-0.1, -0.05) is 26.0 Å². The molecule has 0 saturated heterocycles. The van der Waals surface area contributed by atoms with Crippen molar-refractivity contribution in [2.24, 2.45) is 5.73 Å². The second-order valence-corrected chi connectivity index (χ2v) is 5.09. The second kappa shape index (κ2) is 5.74. The molecule has 0 aliphatic heterocycles. The second-order valence-electron chi connectivity index (χ2n) is 5.09. The Morgan fingerprint density at radius 1 is 1.25 bits per heavy atom. The Labute approximate surface area is 119 Å². The molecule has 0 fully saturated rings. The minimum Gasteiger partial charge on any atom is -0.457 e. The van der Waals surface area contributed by atoms with E-state index in [-0.39, 0.29) is 5.84 Å². The number of nitrogens with zero attached hydrogens (tertiary/aromatic N) is 1. The molecule has 0 aliphatic rings. The smallest absolute Gasteiger partial charge is 0.141 e. The van der Waals surface area contributed by atoms with Gasteiger partial charge in [0.1, 0.15) is 23.0 Å². The number of benzene rings is 1. The Bertz CT molecular complexity index is 635. The molecule has 0 saturated carbocycles. The lowest BCUT2D eigenvalue weighted by Gasteiger charge is -2.14. The Kier molecular flexibility index (Phi) is 4.03. The van der Waals surface area contributed by atoms with Crippen molar-refractivity contribution in [3.63, 3.8) is 0 Å². The molecule has 1 aromatic heterocycles. The van der Waals surface area contributed by atoms with Crippen LogP contribution in [0.3, 0.4) is 0 Å². The Morgan fingerprint density at radius 2 is 2.00 bits per heavy atom. The van der Waals surface area contributed by atoms with Crippen LogP contribution in [-0.4, -0.2) is 10.8 Å². The van der Waals surface area contributed by atoms with Gasteiger partial charge < -0.3 is 10.5 Å². The lowest BCUT2D eigenvalue weighted by molar-refractivity contribution is 0.472. The molecule has 4 nitrogen and oxygen atoms in total. The van der Waals surface area contributed by atoms with Gasteiger partial charge in [-0.3, -0.25) is 10.4 Å². The number of amidine groups is 1. The first-order valence-corrected chi connectivity index (χ1v) is 6.56. The van der Waals surface area contributed by atoms with Gasteiger partial charge in [-0.25, -0.2) is 0 Å². The Morgan fingerprint density at radius 3 is 2.65 bits per heavy atom. The van der Waals surface area contributed by atoms with Crippen LogP contribution in [0, 0.1) is 12.3 Å². The van der Waals surface area contributed by atoms with Crippen molar-refractivity contribution < 1.29 is 4.74 Å². The van der Waals surface area contributed by atoms with Crippen molar-refractivity contribution in [2.75, 3.05) is 0 Å². The van der Waals surface area contributed by atoms with Crippen LogP contribution < -0.4 is 10.5 Å². The monoisotopic (exact) mass is 269 g/mol. The molecule has 0 unspecified atom stereocenters. The van der Waals surface area contributed by atoms with Crippen LogP contribution in [0.25, 0.3) is 0 Å². The van der Waals surface area contributed by atoms with E-state index in [4.69, 9.17) is 15.9 Å². The van der Waals surface area contributed by atoms with E-state index >= 15 is 0 Å². The maximum absolute atomic E-state index is 7.42. The molecule has 1 heterocycles. The summed E-state index contributed by atoms with van der Waals surface area (Å²) >= 11 is 0. The Balaban J connectivity index is 2.36. The molecule has 0 radical (unpaired) electrons. The first-order valence-electron chi connectivity index (χ1n) is 6.56. The third-order valence-corrected chi connectivity index (χ3v) is 3.03. The van der Waals surface area contributed by atoms with Crippen LogP contribution >= 0.6 is 0 Å². The van der Waals surface area contributed by atoms with Crippen molar-refractivity contribution >= 4 is 5.84 Å². The lowest BCUT2D eigenvalue weighted by atomic mass is 10.0. The molecule has 1 aromatic carbocycles. The van der Waals surface area contributed by atoms with Crippen LogP contribution in [0.4, 0.5) is 0 Å². The lowest BCUT2D eigenvalue weighted by Crippen LogP contribution is -2.12. The molecule has 104 valence electrons. The summed E-state index contributed by atoms with van der Waals surface area (Å²) in [7, 11) is 0.